The first-order chi connectivity index (χ1) is 27.7. The molecule has 270 valence electrons. The first-order valence-corrected chi connectivity index (χ1v) is 19.0. The maximum Gasteiger partial charge on any atom is 0.167 e. The number of benzene rings is 8. The van der Waals surface area contributed by atoms with Crippen LogP contribution < -0.4 is 0 Å². The summed E-state index contributed by atoms with van der Waals surface area (Å²) in [6.45, 7) is 0. The van der Waals surface area contributed by atoms with Gasteiger partial charge in [0.05, 0.1) is 5.56 Å². The first-order valence-electron chi connectivity index (χ1n) is 19.0. The SMILES string of the molecule is C.c1ccc(-c2cccc(-c3ccc(-c4cccc5c4Cc4c(-c6nc(-c7ccccc7)nc(-c7cccc8c7oc7ccccc78)n6)cccc4-5)cc3)c2)cc1. The molecule has 8 aromatic carbocycles. The summed E-state index contributed by atoms with van der Waals surface area (Å²) in [5, 5.41) is 2.11. The zero-order valence-electron chi connectivity index (χ0n) is 30.4. The molecule has 0 saturated carbocycles. The van der Waals surface area contributed by atoms with Crippen molar-refractivity contribution in [1.29, 1.82) is 0 Å². The van der Waals surface area contributed by atoms with Crippen molar-refractivity contribution in [3.05, 3.63) is 199 Å². The number of hydrogen-bond acceptors (Lipinski definition) is 4. The van der Waals surface area contributed by atoms with Gasteiger partial charge in [0.1, 0.15) is 11.2 Å². The number of fused-ring (bicyclic) bond motifs is 6. The molecule has 0 atom stereocenters. The van der Waals surface area contributed by atoms with Crippen molar-refractivity contribution in [2.45, 2.75) is 13.8 Å². The van der Waals surface area contributed by atoms with Crippen LogP contribution in [0.25, 0.3) is 101 Å². The van der Waals surface area contributed by atoms with Gasteiger partial charge in [0.25, 0.3) is 0 Å². The van der Waals surface area contributed by atoms with Gasteiger partial charge in [-0.3, -0.25) is 0 Å². The van der Waals surface area contributed by atoms with Gasteiger partial charge in [0.2, 0.25) is 0 Å². The summed E-state index contributed by atoms with van der Waals surface area (Å²) in [4.78, 5) is 15.4. The van der Waals surface area contributed by atoms with Gasteiger partial charge >= 0.3 is 0 Å². The van der Waals surface area contributed by atoms with Crippen LogP contribution in [0.1, 0.15) is 18.6 Å². The van der Waals surface area contributed by atoms with E-state index < -0.39 is 0 Å². The number of hydrogen-bond donors (Lipinski definition) is 0. The molecule has 10 aromatic rings. The Bertz CT molecular complexity index is 3090. The average Bonchev–Trinajstić information content (AvgIpc) is 3.86. The van der Waals surface area contributed by atoms with Crippen LogP contribution >= 0.6 is 0 Å². The Balaban J connectivity index is 0.00000396. The van der Waals surface area contributed by atoms with E-state index in [2.05, 4.69) is 133 Å². The normalized spacial score (nSPS) is 11.6. The molecule has 0 saturated heterocycles. The van der Waals surface area contributed by atoms with Crippen LogP contribution in [0.5, 0.6) is 0 Å². The maximum absolute atomic E-state index is 6.46. The second kappa shape index (κ2) is 14.0. The second-order valence-electron chi connectivity index (χ2n) is 14.3. The van der Waals surface area contributed by atoms with E-state index in [4.69, 9.17) is 19.4 Å². The molecule has 4 heteroatoms. The first kappa shape index (κ1) is 34.1. The zero-order chi connectivity index (χ0) is 37.0. The summed E-state index contributed by atoms with van der Waals surface area (Å²) in [6, 6.07) is 66.0. The molecule has 0 bridgehead atoms. The summed E-state index contributed by atoms with van der Waals surface area (Å²) in [7, 11) is 0. The number of para-hydroxylation sites is 2. The van der Waals surface area contributed by atoms with Crippen molar-refractivity contribution in [2.75, 3.05) is 0 Å². The molecule has 0 N–H and O–H groups in total. The number of furan rings is 1. The Morgan fingerprint density at radius 1 is 0.333 bits per heavy atom. The van der Waals surface area contributed by atoms with E-state index in [1.807, 2.05) is 54.6 Å². The third-order valence-corrected chi connectivity index (χ3v) is 11.0. The Morgan fingerprint density at radius 3 is 1.54 bits per heavy atom. The highest BCUT2D eigenvalue weighted by Gasteiger charge is 2.26. The van der Waals surface area contributed by atoms with Crippen LogP contribution in [0.2, 0.25) is 0 Å². The summed E-state index contributed by atoms with van der Waals surface area (Å²) in [5.74, 6) is 1.86. The summed E-state index contributed by atoms with van der Waals surface area (Å²) < 4.78 is 6.46. The van der Waals surface area contributed by atoms with E-state index in [0.29, 0.717) is 17.5 Å². The minimum Gasteiger partial charge on any atom is -0.455 e. The molecule has 0 spiro atoms. The van der Waals surface area contributed by atoms with Gasteiger partial charge in [-0.2, -0.15) is 0 Å². The molecule has 1 aliphatic carbocycles. The molecule has 0 fully saturated rings. The minimum atomic E-state index is 0. The van der Waals surface area contributed by atoms with Crippen molar-refractivity contribution in [2.24, 2.45) is 0 Å². The number of rotatable bonds is 6. The highest BCUT2D eigenvalue weighted by molar-refractivity contribution is 6.09. The molecule has 2 aromatic heterocycles. The second-order valence-corrected chi connectivity index (χ2v) is 14.3. The van der Waals surface area contributed by atoms with E-state index >= 15 is 0 Å². The predicted octanol–water partition coefficient (Wildman–Crippen LogP) is 14.0. The van der Waals surface area contributed by atoms with E-state index in [1.54, 1.807) is 0 Å². The van der Waals surface area contributed by atoms with Crippen LogP contribution in [-0.4, -0.2) is 15.0 Å². The quantitative estimate of drug-likeness (QED) is 0.171. The van der Waals surface area contributed by atoms with Crippen LogP contribution in [0.4, 0.5) is 0 Å². The van der Waals surface area contributed by atoms with Crippen LogP contribution in [0.15, 0.2) is 192 Å². The van der Waals surface area contributed by atoms with Crippen molar-refractivity contribution >= 4 is 21.9 Å². The van der Waals surface area contributed by atoms with E-state index in [9.17, 15) is 0 Å². The minimum absolute atomic E-state index is 0. The van der Waals surface area contributed by atoms with Gasteiger partial charge in [0, 0.05) is 28.3 Å². The predicted molar refractivity (Wildman–Crippen MR) is 235 cm³/mol. The lowest BCUT2D eigenvalue weighted by atomic mass is 9.93. The molecule has 0 amide bonds. The van der Waals surface area contributed by atoms with Gasteiger partial charge in [-0.05, 0) is 73.8 Å². The molecular formula is C53H37N3O. The molecule has 11 rings (SSSR count). The average molecular weight is 732 g/mol. The molecule has 4 nitrogen and oxygen atoms in total. The summed E-state index contributed by atoms with van der Waals surface area (Å²) in [6.07, 6.45) is 0.777. The van der Waals surface area contributed by atoms with Crippen molar-refractivity contribution < 1.29 is 4.42 Å². The molecule has 0 radical (unpaired) electrons. The van der Waals surface area contributed by atoms with Crippen molar-refractivity contribution in [3.63, 3.8) is 0 Å². The topological polar surface area (TPSA) is 51.8 Å². The van der Waals surface area contributed by atoms with E-state index in [1.165, 1.54) is 55.6 Å². The van der Waals surface area contributed by atoms with E-state index in [-0.39, 0.29) is 7.43 Å². The fraction of sp³-hybridized carbons (Fsp3) is 0.0377. The smallest absolute Gasteiger partial charge is 0.167 e. The van der Waals surface area contributed by atoms with Crippen LogP contribution in [0.3, 0.4) is 0 Å². The summed E-state index contributed by atoms with van der Waals surface area (Å²) in [5.41, 5.74) is 16.7. The molecule has 2 heterocycles. The lowest BCUT2D eigenvalue weighted by molar-refractivity contribution is 0.669. The Labute approximate surface area is 331 Å². The van der Waals surface area contributed by atoms with E-state index in [0.717, 1.165) is 45.0 Å². The van der Waals surface area contributed by atoms with Gasteiger partial charge in [-0.15, -0.1) is 0 Å². The van der Waals surface area contributed by atoms with Crippen molar-refractivity contribution in [1.82, 2.24) is 15.0 Å². The van der Waals surface area contributed by atoms with Crippen LogP contribution in [0, 0.1) is 0 Å². The molecular weight excluding hydrogens is 695 g/mol. The number of nitrogens with zero attached hydrogens (tertiary/aromatic N) is 3. The van der Waals surface area contributed by atoms with Gasteiger partial charge in [0.15, 0.2) is 17.5 Å². The third kappa shape index (κ3) is 5.90. The standard InChI is InChI=1S/C52H33N3O.CH4/c1-3-13-33(14-4-1)37-17-9-18-38(31-37)34-27-29-35(30-28-34)39-20-10-21-40-41-22-11-24-44(47(41)32-46(39)40)51-53-50(36-15-5-2-6-16-36)54-52(55-51)45-25-12-23-43-42-19-7-8-26-48(42)56-49(43)45;/h1-31H,32H2;1H4. The lowest BCUT2D eigenvalue weighted by Gasteiger charge is -2.11. The Kier molecular flexibility index (Phi) is 8.38. The fourth-order valence-corrected chi connectivity index (χ4v) is 8.32. The Morgan fingerprint density at radius 2 is 0.807 bits per heavy atom. The molecule has 0 unspecified atom stereocenters. The van der Waals surface area contributed by atoms with Gasteiger partial charge in [-0.25, -0.2) is 15.0 Å². The maximum atomic E-state index is 6.46. The molecule has 0 aliphatic heterocycles. The van der Waals surface area contributed by atoms with Gasteiger partial charge in [-0.1, -0.05) is 177 Å². The fourth-order valence-electron chi connectivity index (χ4n) is 8.32. The van der Waals surface area contributed by atoms with Crippen molar-refractivity contribution in [3.8, 4) is 78.7 Å². The molecule has 1 aliphatic rings. The largest absolute Gasteiger partial charge is 0.455 e. The van der Waals surface area contributed by atoms with Gasteiger partial charge < -0.3 is 4.42 Å². The zero-order valence-corrected chi connectivity index (χ0v) is 30.4. The lowest BCUT2D eigenvalue weighted by Crippen LogP contribution is -2.02. The molecule has 57 heavy (non-hydrogen) atoms. The third-order valence-electron chi connectivity index (χ3n) is 11.0. The highest BCUT2D eigenvalue weighted by atomic mass is 16.3. The van der Waals surface area contributed by atoms with Crippen LogP contribution in [-0.2, 0) is 6.42 Å². The Hall–Kier alpha value is -7.43. The monoisotopic (exact) mass is 731 g/mol. The summed E-state index contributed by atoms with van der Waals surface area (Å²) >= 11 is 0. The number of aromatic nitrogens is 3. The highest BCUT2D eigenvalue weighted by Crippen LogP contribution is 2.45.